The van der Waals surface area contributed by atoms with Crippen LogP contribution in [0.2, 0.25) is 0 Å². The molecule has 3 aromatic rings. The Hall–Kier alpha value is -2.87. The highest BCUT2D eigenvalue weighted by Gasteiger charge is 2.47. The van der Waals surface area contributed by atoms with Gasteiger partial charge in [-0.2, -0.15) is 4.58 Å². The molecule has 2 heteroatoms. The van der Waals surface area contributed by atoms with Crippen molar-refractivity contribution in [3.8, 4) is 0 Å². The Bertz CT molecular complexity index is 1220. The zero-order chi connectivity index (χ0) is 20.6. The third-order valence-corrected chi connectivity index (χ3v) is 7.11. The number of fused-ring (bicyclic) bond motifs is 4. The lowest BCUT2D eigenvalue weighted by Gasteiger charge is -2.25. The Morgan fingerprint density at radius 2 is 1.52 bits per heavy atom. The lowest BCUT2D eigenvalue weighted by molar-refractivity contribution is -0.401. The fourth-order valence-corrected chi connectivity index (χ4v) is 5.54. The summed E-state index contributed by atoms with van der Waals surface area (Å²) in [6.07, 6.45) is 2.44. The van der Waals surface area contributed by atoms with Gasteiger partial charge in [-0.3, -0.25) is 0 Å². The van der Waals surface area contributed by atoms with Crippen molar-refractivity contribution in [3.05, 3.63) is 83.6 Å². The topological polar surface area (TPSA) is 6.25 Å². The van der Waals surface area contributed by atoms with Gasteiger partial charge in [0.15, 0.2) is 5.71 Å². The fourth-order valence-electron chi connectivity index (χ4n) is 5.54. The average Bonchev–Trinajstić information content (AvgIpc) is 3.02. The third-order valence-electron chi connectivity index (χ3n) is 7.11. The quantitative estimate of drug-likeness (QED) is 0.458. The highest BCUT2D eigenvalue weighted by atomic mass is 15.2. The number of hydrogen-bond acceptors (Lipinski definition) is 1. The third kappa shape index (κ3) is 2.32. The molecule has 5 rings (SSSR count). The summed E-state index contributed by atoms with van der Waals surface area (Å²) >= 11 is 0. The van der Waals surface area contributed by atoms with E-state index in [4.69, 9.17) is 0 Å². The van der Waals surface area contributed by atoms with Gasteiger partial charge in [0.25, 0.3) is 0 Å². The van der Waals surface area contributed by atoms with Crippen molar-refractivity contribution >= 4 is 27.9 Å². The SMILES string of the molecule is CN1/C(=C/C2=[N+](C)c3ccc4ccccc4c3C2(C)C)C(C)(C)c2ccccc21. The van der Waals surface area contributed by atoms with E-state index in [-0.39, 0.29) is 10.8 Å². The van der Waals surface area contributed by atoms with Crippen molar-refractivity contribution in [3.63, 3.8) is 0 Å². The number of rotatable bonds is 1. The van der Waals surface area contributed by atoms with Crippen LogP contribution in [0.5, 0.6) is 0 Å². The molecule has 2 aliphatic rings. The Kier molecular flexibility index (Phi) is 3.65. The molecule has 0 amide bonds. The number of benzene rings is 3. The standard InChI is InChI=1S/C27H29N2/c1-26(2)20-13-9-10-14-21(20)28(5)23(26)17-24-27(3,4)25-19-12-8-7-11-18(19)15-16-22(25)29(24)6/h7-17H,1-6H3/q+1. The van der Waals surface area contributed by atoms with Gasteiger partial charge < -0.3 is 4.90 Å². The number of hydrogen-bond donors (Lipinski definition) is 0. The number of allylic oxidation sites excluding steroid dienone is 2. The largest absolute Gasteiger partial charge is 0.347 e. The van der Waals surface area contributed by atoms with Gasteiger partial charge in [0.2, 0.25) is 5.69 Å². The number of likely N-dealkylation sites (N-methyl/N-ethyl adjacent to an activating group) is 1. The van der Waals surface area contributed by atoms with E-state index in [1.54, 1.807) is 0 Å². The lowest BCUT2D eigenvalue weighted by Crippen LogP contribution is -2.31. The van der Waals surface area contributed by atoms with Gasteiger partial charge in [-0.25, -0.2) is 0 Å². The van der Waals surface area contributed by atoms with Crippen molar-refractivity contribution < 1.29 is 4.58 Å². The van der Waals surface area contributed by atoms with Gasteiger partial charge in [0.1, 0.15) is 7.05 Å². The second-order valence-electron chi connectivity index (χ2n) is 9.48. The molecule has 146 valence electrons. The molecule has 0 aliphatic carbocycles. The average molecular weight is 382 g/mol. The van der Waals surface area contributed by atoms with Crippen LogP contribution in [0, 0.1) is 0 Å². The van der Waals surface area contributed by atoms with Crippen LogP contribution in [0.25, 0.3) is 10.8 Å². The second kappa shape index (κ2) is 5.82. The summed E-state index contributed by atoms with van der Waals surface area (Å²) in [5.41, 5.74) is 8.08. The van der Waals surface area contributed by atoms with Crippen LogP contribution in [0.1, 0.15) is 38.8 Å². The summed E-state index contributed by atoms with van der Waals surface area (Å²) in [5.74, 6) is 0. The van der Waals surface area contributed by atoms with Crippen LogP contribution in [-0.2, 0) is 10.8 Å². The summed E-state index contributed by atoms with van der Waals surface area (Å²) in [6.45, 7) is 9.41. The first-order valence-electron chi connectivity index (χ1n) is 10.4. The Morgan fingerprint density at radius 3 is 2.28 bits per heavy atom. The minimum Gasteiger partial charge on any atom is -0.347 e. The Balaban J connectivity index is 1.72. The van der Waals surface area contributed by atoms with Crippen LogP contribution in [0.15, 0.2) is 72.4 Å². The molecule has 0 fully saturated rings. The second-order valence-corrected chi connectivity index (χ2v) is 9.48. The minimum absolute atomic E-state index is 0.0217. The maximum absolute atomic E-state index is 2.44. The van der Waals surface area contributed by atoms with E-state index in [1.807, 2.05) is 0 Å². The molecule has 0 atom stereocenters. The van der Waals surface area contributed by atoms with Crippen molar-refractivity contribution in [2.24, 2.45) is 0 Å². The summed E-state index contributed by atoms with van der Waals surface area (Å²) in [5, 5.41) is 2.67. The van der Waals surface area contributed by atoms with Crippen LogP contribution >= 0.6 is 0 Å². The zero-order valence-corrected chi connectivity index (χ0v) is 18.2. The van der Waals surface area contributed by atoms with E-state index in [0.717, 1.165) is 0 Å². The van der Waals surface area contributed by atoms with Crippen molar-refractivity contribution in [1.82, 2.24) is 0 Å². The monoisotopic (exact) mass is 381 g/mol. The molecule has 0 radical (unpaired) electrons. The molecule has 2 heterocycles. The number of anilines is 1. The van der Waals surface area contributed by atoms with Crippen LogP contribution in [0.4, 0.5) is 11.4 Å². The predicted molar refractivity (Wildman–Crippen MR) is 124 cm³/mol. The smallest absolute Gasteiger partial charge is 0.210 e. The normalized spacial score (nSPS) is 20.5. The van der Waals surface area contributed by atoms with Gasteiger partial charge in [-0.15, -0.1) is 0 Å². The predicted octanol–water partition coefficient (Wildman–Crippen LogP) is 6.16. The zero-order valence-electron chi connectivity index (χ0n) is 18.2. The molecule has 0 spiro atoms. The molecule has 0 aromatic heterocycles. The van der Waals surface area contributed by atoms with Gasteiger partial charge >= 0.3 is 0 Å². The molecule has 2 aliphatic heterocycles. The van der Waals surface area contributed by atoms with Gasteiger partial charge in [0.05, 0.1) is 5.41 Å². The lowest BCUT2D eigenvalue weighted by atomic mass is 9.77. The van der Waals surface area contributed by atoms with Gasteiger partial charge in [-0.05, 0) is 42.3 Å². The molecule has 0 unspecified atom stereocenters. The molecule has 2 nitrogen and oxygen atoms in total. The first-order valence-corrected chi connectivity index (χ1v) is 10.4. The van der Waals surface area contributed by atoms with Crippen molar-refractivity contribution in [2.75, 3.05) is 19.0 Å². The number of nitrogens with zero attached hydrogens (tertiary/aromatic N) is 2. The molecule has 3 aromatic carbocycles. The summed E-state index contributed by atoms with van der Waals surface area (Å²) in [4.78, 5) is 2.37. The number of para-hydroxylation sites is 1. The van der Waals surface area contributed by atoms with E-state index >= 15 is 0 Å². The first kappa shape index (κ1) is 18.2. The van der Waals surface area contributed by atoms with Crippen LogP contribution in [-0.4, -0.2) is 24.4 Å². The van der Waals surface area contributed by atoms with E-state index in [1.165, 1.54) is 44.7 Å². The van der Waals surface area contributed by atoms with Gasteiger partial charge in [-0.1, -0.05) is 56.3 Å². The highest BCUT2D eigenvalue weighted by Crippen LogP contribution is 2.49. The Labute approximate surface area is 173 Å². The molecular formula is C27H29N2+. The summed E-state index contributed by atoms with van der Waals surface area (Å²) < 4.78 is 2.39. The molecule has 0 saturated heterocycles. The maximum atomic E-state index is 2.44. The summed E-state index contributed by atoms with van der Waals surface area (Å²) in [6, 6.07) is 22.1. The first-order chi connectivity index (χ1) is 13.7. The maximum Gasteiger partial charge on any atom is 0.210 e. The van der Waals surface area contributed by atoms with E-state index < -0.39 is 0 Å². The van der Waals surface area contributed by atoms with Crippen molar-refractivity contribution in [1.29, 1.82) is 0 Å². The fraction of sp³-hybridized carbons (Fsp3) is 0.296. The molecule has 29 heavy (non-hydrogen) atoms. The molecule has 0 N–H and O–H groups in total. The molecule has 0 bridgehead atoms. The van der Waals surface area contributed by atoms with E-state index in [2.05, 4.69) is 118 Å². The highest BCUT2D eigenvalue weighted by molar-refractivity contribution is 6.08. The van der Waals surface area contributed by atoms with E-state index in [9.17, 15) is 0 Å². The summed E-state index contributed by atoms with van der Waals surface area (Å²) in [7, 11) is 4.41. The van der Waals surface area contributed by atoms with Crippen LogP contribution in [0.3, 0.4) is 0 Å². The van der Waals surface area contributed by atoms with Crippen molar-refractivity contribution in [2.45, 2.75) is 38.5 Å². The minimum atomic E-state index is -0.0658. The van der Waals surface area contributed by atoms with Gasteiger partial charge in [0, 0.05) is 41.6 Å². The molecular weight excluding hydrogens is 352 g/mol. The Morgan fingerprint density at radius 1 is 0.828 bits per heavy atom. The van der Waals surface area contributed by atoms with E-state index in [0.29, 0.717) is 0 Å². The van der Waals surface area contributed by atoms with Crippen LogP contribution < -0.4 is 4.90 Å². The molecule has 0 saturated carbocycles.